The third kappa shape index (κ3) is 8.34. The van der Waals surface area contributed by atoms with E-state index in [1.165, 1.54) is 6.42 Å². The Kier molecular flexibility index (Phi) is 12.7. The Balaban J connectivity index is 1.77. The Morgan fingerprint density at radius 1 is 1.13 bits per heavy atom. The first kappa shape index (κ1) is 30.2. The molecule has 3 N–H and O–H groups in total. The van der Waals surface area contributed by atoms with Crippen molar-refractivity contribution in [3.05, 3.63) is 40.9 Å². The van der Waals surface area contributed by atoms with Crippen LogP contribution in [0.4, 0.5) is 0 Å². The van der Waals surface area contributed by atoms with E-state index in [1.54, 1.807) is 18.8 Å². The molecule has 0 bridgehead atoms. The molecule has 1 aromatic rings. The molecule has 3 rings (SSSR count). The number of thioether (sulfide) groups is 1. The van der Waals surface area contributed by atoms with E-state index in [1.807, 2.05) is 36.2 Å². The Morgan fingerprint density at radius 2 is 1.87 bits per heavy atom. The van der Waals surface area contributed by atoms with Crippen LogP contribution >= 0.6 is 11.8 Å². The summed E-state index contributed by atoms with van der Waals surface area (Å²) in [6, 6.07) is 9.58. The van der Waals surface area contributed by atoms with Crippen LogP contribution in [0.15, 0.2) is 40.4 Å². The maximum absolute atomic E-state index is 14.0. The third-order valence-electron chi connectivity index (χ3n) is 7.77. The molecule has 1 saturated carbocycles. The molecule has 0 radical (unpaired) electrons. The number of unbranched alkanes of at least 4 members (excludes halogenated alkanes) is 1. The molecule has 0 spiro atoms. The highest BCUT2D eigenvalue weighted by Gasteiger charge is 2.38. The number of carbonyl (C=O) groups is 2. The number of aliphatic imine (C=N–C) groups is 1. The minimum absolute atomic E-state index is 0.0804. The summed E-state index contributed by atoms with van der Waals surface area (Å²) in [4.78, 5) is 33.7. The van der Waals surface area contributed by atoms with Gasteiger partial charge in [0.1, 0.15) is 6.04 Å². The molecule has 2 fully saturated rings. The van der Waals surface area contributed by atoms with Gasteiger partial charge in [-0.15, -0.1) is 11.8 Å². The van der Waals surface area contributed by atoms with E-state index >= 15 is 0 Å². The molecule has 2 aliphatic rings. The van der Waals surface area contributed by atoms with Crippen molar-refractivity contribution in [3.63, 3.8) is 0 Å². The number of benzene rings is 1. The summed E-state index contributed by atoms with van der Waals surface area (Å²) in [6.07, 6.45) is 13.4. The van der Waals surface area contributed by atoms with Gasteiger partial charge in [-0.1, -0.05) is 62.9 Å². The van der Waals surface area contributed by atoms with Gasteiger partial charge in [0.2, 0.25) is 11.8 Å². The van der Waals surface area contributed by atoms with Crippen molar-refractivity contribution in [2.45, 2.75) is 89.8 Å². The second-order valence-corrected chi connectivity index (χ2v) is 11.3. The monoisotopic (exact) mass is 541 g/mol. The molecular formula is C30H47N5O2S. The molecule has 1 heterocycles. The van der Waals surface area contributed by atoms with Crippen LogP contribution in [0.3, 0.4) is 0 Å². The van der Waals surface area contributed by atoms with E-state index in [-0.39, 0.29) is 29.8 Å². The van der Waals surface area contributed by atoms with Gasteiger partial charge in [0.05, 0.1) is 16.8 Å². The van der Waals surface area contributed by atoms with Gasteiger partial charge < -0.3 is 20.9 Å². The van der Waals surface area contributed by atoms with Gasteiger partial charge in [-0.25, -0.2) is 0 Å². The summed E-state index contributed by atoms with van der Waals surface area (Å²) in [5.41, 5.74) is 2.02. The molecule has 2 unspecified atom stereocenters. The first-order valence-corrected chi connectivity index (χ1v) is 15.6. The van der Waals surface area contributed by atoms with E-state index in [9.17, 15) is 9.59 Å². The number of hydrogen-bond acceptors (Lipinski definition) is 6. The van der Waals surface area contributed by atoms with Gasteiger partial charge in [0, 0.05) is 30.9 Å². The molecule has 2 amide bonds. The Labute approximate surface area is 233 Å². The van der Waals surface area contributed by atoms with Gasteiger partial charge in [0.15, 0.2) is 0 Å². The largest absolute Gasteiger partial charge is 0.376 e. The molecule has 210 valence electrons. The Morgan fingerprint density at radius 3 is 2.53 bits per heavy atom. The van der Waals surface area contributed by atoms with Crippen LogP contribution in [0, 0.1) is 5.92 Å². The fourth-order valence-corrected chi connectivity index (χ4v) is 5.97. The summed E-state index contributed by atoms with van der Waals surface area (Å²) in [6.45, 7) is 5.40. The Bertz CT molecular complexity index is 945. The molecule has 1 aliphatic carbocycles. The first-order valence-electron chi connectivity index (χ1n) is 14.4. The maximum Gasteiger partial charge on any atom is 0.245 e. The van der Waals surface area contributed by atoms with Gasteiger partial charge in [-0.05, 0) is 58.2 Å². The van der Waals surface area contributed by atoms with E-state index in [2.05, 4.69) is 41.3 Å². The second-order valence-electron chi connectivity index (χ2n) is 10.5. The average Bonchev–Trinajstić information content (AvgIpc) is 3.44. The maximum atomic E-state index is 14.0. The average molecular weight is 542 g/mol. The van der Waals surface area contributed by atoms with E-state index in [0.717, 1.165) is 74.2 Å². The molecule has 1 aromatic carbocycles. The molecule has 38 heavy (non-hydrogen) atoms. The topological polar surface area (TPSA) is 85.8 Å². The number of likely N-dealkylation sites (N-methyl/N-ethyl adjacent to an activating group) is 1. The minimum atomic E-state index is -0.451. The fraction of sp³-hybridized carbons (Fsp3) is 0.633. The lowest BCUT2D eigenvalue weighted by Gasteiger charge is -2.35. The minimum Gasteiger partial charge on any atom is -0.376 e. The first-order chi connectivity index (χ1) is 18.5. The van der Waals surface area contributed by atoms with Crippen molar-refractivity contribution in [1.29, 1.82) is 0 Å². The number of hydrogen-bond donors (Lipinski definition) is 3. The van der Waals surface area contributed by atoms with Gasteiger partial charge in [-0.3, -0.25) is 14.6 Å². The molecule has 7 nitrogen and oxygen atoms in total. The molecule has 1 aliphatic heterocycles. The highest BCUT2D eigenvalue weighted by atomic mass is 32.2. The smallest absolute Gasteiger partial charge is 0.245 e. The number of likely N-dealkylation sites (tertiary alicyclic amines) is 1. The third-order valence-corrected chi connectivity index (χ3v) is 8.52. The summed E-state index contributed by atoms with van der Waals surface area (Å²) < 4.78 is 0. The summed E-state index contributed by atoms with van der Waals surface area (Å²) in [5.74, 6) is 0.185. The van der Waals surface area contributed by atoms with Crippen molar-refractivity contribution in [3.8, 4) is 0 Å². The fourth-order valence-electron chi connectivity index (χ4n) is 5.38. The van der Waals surface area contributed by atoms with Crippen LogP contribution in [-0.4, -0.2) is 67.4 Å². The normalized spacial score (nSPS) is 20.7. The van der Waals surface area contributed by atoms with Crippen LogP contribution in [0.2, 0.25) is 0 Å². The number of amides is 2. The SMILES string of the molecule is CCCC=N/C(=C(/NCC1CCCN1C(=O)C(NC(=O)[C@H](C)NC)C1CCCCC1)SC)c1ccccc1. The number of rotatable bonds is 13. The molecule has 1 saturated heterocycles. The predicted octanol–water partition coefficient (Wildman–Crippen LogP) is 4.80. The van der Waals surface area contributed by atoms with Gasteiger partial charge in [-0.2, -0.15) is 0 Å². The highest BCUT2D eigenvalue weighted by molar-refractivity contribution is 8.02. The van der Waals surface area contributed by atoms with E-state index in [0.29, 0.717) is 6.54 Å². The van der Waals surface area contributed by atoms with Gasteiger partial charge >= 0.3 is 0 Å². The lowest BCUT2D eigenvalue weighted by molar-refractivity contribution is -0.139. The zero-order chi connectivity index (χ0) is 27.3. The number of carbonyl (C=O) groups excluding carboxylic acids is 2. The van der Waals surface area contributed by atoms with E-state index in [4.69, 9.17) is 4.99 Å². The van der Waals surface area contributed by atoms with Crippen molar-refractivity contribution in [2.75, 3.05) is 26.4 Å². The number of nitrogens with zero attached hydrogens (tertiary/aromatic N) is 2. The molecule has 3 atom stereocenters. The quantitative estimate of drug-likeness (QED) is 0.312. The van der Waals surface area contributed by atoms with Crippen molar-refractivity contribution in [2.24, 2.45) is 10.9 Å². The predicted molar refractivity (Wildman–Crippen MR) is 160 cm³/mol. The van der Waals surface area contributed by atoms with Crippen molar-refractivity contribution >= 4 is 35.5 Å². The van der Waals surface area contributed by atoms with Crippen LogP contribution in [-0.2, 0) is 9.59 Å². The molecule has 0 aromatic heterocycles. The van der Waals surface area contributed by atoms with Crippen LogP contribution in [0.1, 0.15) is 77.2 Å². The molecule has 8 heteroatoms. The van der Waals surface area contributed by atoms with E-state index < -0.39 is 6.04 Å². The highest BCUT2D eigenvalue weighted by Crippen LogP contribution is 2.30. The Hall–Kier alpha value is -2.32. The van der Waals surface area contributed by atoms with Gasteiger partial charge in [0.25, 0.3) is 0 Å². The zero-order valence-corrected chi connectivity index (χ0v) is 24.5. The number of nitrogens with one attached hydrogen (secondary N) is 3. The van der Waals surface area contributed by atoms with Crippen LogP contribution in [0.25, 0.3) is 5.70 Å². The lowest BCUT2D eigenvalue weighted by atomic mass is 9.83. The zero-order valence-electron chi connectivity index (χ0n) is 23.7. The summed E-state index contributed by atoms with van der Waals surface area (Å²) >= 11 is 1.65. The molecular weight excluding hydrogens is 494 g/mol. The van der Waals surface area contributed by atoms with Crippen LogP contribution in [0.5, 0.6) is 0 Å². The van der Waals surface area contributed by atoms with Crippen molar-refractivity contribution < 1.29 is 9.59 Å². The summed E-state index contributed by atoms with van der Waals surface area (Å²) in [7, 11) is 1.77. The van der Waals surface area contributed by atoms with Crippen molar-refractivity contribution in [1.82, 2.24) is 20.9 Å². The lowest BCUT2D eigenvalue weighted by Crippen LogP contribution is -2.57. The van der Waals surface area contributed by atoms with Crippen LogP contribution < -0.4 is 16.0 Å². The summed E-state index contributed by atoms with van der Waals surface area (Å²) in [5, 5.41) is 10.8. The second kappa shape index (κ2) is 15.9. The standard InChI is InChI=1S/C30H47N5O2S/c1-5-6-19-32-26(23-14-9-7-10-15-23)29(38-4)33-21-25-18-13-20-35(25)30(37)27(24-16-11-8-12-17-24)34-28(36)22(2)31-3/h7,9-10,14-15,19,22,24-25,27,31,33H,5-6,8,11-13,16-18,20-21H2,1-4H3,(H,34,36)/b29-26-,32-19?/t22-,25?,27?/m0/s1.